The molecule has 28 heavy (non-hydrogen) atoms. The molecule has 0 aromatic carbocycles. The molecule has 0 radical (unpaired) electrons. The van der Waals surface area contributed by atoms with Gasteiger partial charge in [0.1, 0.15) is 18.5 Å². The highest BCUT2D eigenvalue weighted by Gasteiger charge is 2.60. The van der Waals surface area contributed by atoms with E-state index in [1.165, 1.54) is 0 Å². The summed E-state index contributed by atoms with van der Waals surface area (Å²) in [5.41, 5.74) is -1.15. The van der Waals surface area contributed by atoms with Crippen LogP contribution in [0.3, 0.4) is 0 Å². The molecule has 2 aliphatic rings. The fraction of sp³-hybridized carbons (Fsp3) is 0.826. The summed E-state index contributed by atoms with van der Waals surface area (Å²) in [7, 11) is 0. The standard InChI is InChI=1S/C23H38O5/c1-7-16-11-17-18(25)10-9-14(3)15(4)21(27)22(5,8-2)12-19(23(16,17)6)28-20(26)13-24/h8,14-17,19,21,24,27H,2,7,9-13H2,1,3-6H3/t14-,15-,16?,17-,19-,21+,22-,23?/m1/s1. The van der Waals surface area contributed by atoms with Gasteiger partial charge in [-0.25, -0.2) is 4.79 Å². The monoisotopic (exact) mass is 394 g/mol. The number of hydrogen-bond acceptors (Lipinski definition) is 5. The molecule has 0 aliphatic heterocycles. The number of hydrogen-bond donors (Lipinski definition) is 2. The molecule has 2 aliphatic carbocycles. The van der Waals surface area contributed by atoms with Crippen LogP contribution in [0, 0.1) is 34.5 Å². The molecular weight excluding hydrogens is 356 g/mol. The Labute approximate surface area is 169 Å². The zero-order valence-electron chi connectivity index (χ0n) is 18.1. The average molecular weight is 395 g/mol. The molecule has 0 saturated heterocycles. The Hall–Kier alpha value is -1.20. The van der Waals surface area contributed by atoms with Crippen LogP contribution in [0.1, 0.15) is 66.7 Å². The molecule has 0 aromatic heterocycles. The highest BCUT2D eigenvalue weighted by Crippen LogP contribution is 2.59. The predicted molar refractivity (Wildman–Crippen MR) is 108 cm³/mol. The maximum atomic E-state index is 13.1. The molecule has 5 heteroatoms. The molecule has 0 bridgehead atoms. The van der Waals surface area contributed by atoms with E-state index in [2.05, 4.69) is 20.4 Å². The second kappa shape index (κ2) is 8.66. The van der Waals surface area contributed by atoms with Crippen LogP contribution >= 0.6 is 0 Å². The molecule has 5 nitrogen and oxygen atoms in total. The van der Waals surface area contributed by atoms with Gasteiger partial charge in [-0.3, -0.25) is 4.79 Å². The van der Waals surface area contributed by atoms with Gasteiger partial charge in [0.15, 0.2) is 0 Å². The molecule has 0 aromatic rings. The minimum atomic E-state index is -0.692. The lowest BCUT2D eigenvalue weighted by molar-refractivity contribution is -0.192. The lowest BCUT2D eigenvalue weighted by Gasteiger charge is -2.57. The van der Waals surface area contributed by atoms with E-state index in [1.54, 1.807) is 6.08 Å². The lowest BCUT2D eigenvalue weighted by atomic mass is 9.48. The van der Waals surface area contributed by atoms with E-state index in [1.807, 2.05) is 20.8 Å². The second-order valence-corrected chi connectivity index (χ2v) is 9.60. The number of Topliss-reactive ketones (excluding diaryl/α,β-unsaturated/α-hetero) is 1. The second-order valence-electron chi connectivity index (χ2n) is 9.60. The molecule has 2 N–H and O–H groups in total. The maximum Gasteiger partial charge on any atom is 0.332 e. The van der Waals surface area contributed by atoms with E-state index in [0.717, 1.165) is 19.3 Å². The Balaban J connectivity index is 2.53. The first-order valence-electron chi connectivity index (χ1n) is 10.7. The number of ketones is 1. The molecule has 2 fully saturated rings. The van der Waals surface area contributed by atoms with E-state index in [-0.39, 0.29) is 29.5 Å². The Kier molecular flexibility index (Phi) is 7.14. The van der Waals surface area contributed by atoms with Crippen LogP contribution in [0.5, 0.6) is 0 Å². The van der Waals surface area contributed by atoms with Crippen LogP contribution in [0.25, 0.3) is 0 Å². The van der Waals surface area contributed by atoms with Crippen molar-refractivity contribution in [1.82, 2.24) is 0 Å². The molecule has 0 heterocycles. The highest BCUT2D eigenvalue weighted by molar-refractivity contribution is 5.83. The van der Waals surface area contributed by atoms with E-state index in [0.29, 0.717) is 12.8 Å². The first-order chi connectivity index (χ1) is 13.0. The highest BCUT2D eigenvalue weighted by atomic mass is 16.6. The zero-order valence-corrected chi connectivity index (χ0v) is 18.1. The quantitative estimate of drug-likeness (QED) is 0.563. The molecule has 0 amide bonds. The number of ether oxygens (including phenoxy) is 1. The van der Waals surface area contributed by atoms with Crippen LogP contribution in [-0.2, 0) is 14.3 Å². The van der Waals surface area contributed by atoms with Gasteiger partial charge in [0, 0.05) is 23.2 Å². The first-order valence-corrected chi connectivity index (χ1v) is 10.7. The molecule has 8 atom stereocenters. The lowest BCUT2D eigenvalue weighted by Crippen LogP contribution is -2.59. The Morgan fingerprint density at radius 1 is 1.36 bits per heavy atom. The number of carbonyl (C=O) groups excluding carboxylic acids is 2. The van der Waals surface area contributed by atoms with Gasteiger partial charge in [0.2, 0.25) is 0 Å². The van der Waals surface area contributed by atoms with Gasteiger partial charge in [-0.15, -0.1) is 6.58 Å². The van der Waals surface area contributed by atoms with Gasteiger partial charge in [0.05, 0.1) is 6.10 Å². The largest absolute Gasteiger partial charge is 0.460 e. The minimum Gasteiger partial charge on any atom is -0.460 e. The van der Waals surface area contributed by atoms with Crippen LogP contribution in [0.15, 0.2) is 12.7 Å². The van der Waals surface area contributed by atoms with Crippen molar-refractivity contribution in [3.8, 4) is 0 Å². The summed E-state index contributed by atoms with van der Waals surface area (Å²) in [6, 6.07) is 0. The molecular formula is C23H38O5. The van der Waals surface area contributed by atoms with Crippen molar-refractivity contribution >= 4 is 11.8 Å². The summed E-state index contributed by atoms with van der Waals surface area (Å²) < 4.78 is 5.74. The third kappa shape index (κ3) is 3.93. The van der Waals surface area contributed by atoms with E-state index in [9.17, 15) is 19.8 Å². The predicted octanol–water partition coefficient (Wildman–Crippen LogP) is 3.52. The van der Waals surface area contributed by atoms with Crippen molar-refractivity contribution in [2.45, 2.75) is 78.9 Å². The minimum absolute atomic E-state index is 0.0180. The third-order valence-corrected chi connectivity index (χ3v) is 8.14. The first kappa shape index (κ1) is 23.1. The summed E-state index contributed by atoms with van der Waals surface area (Å²) in [6.45, 7) is 13.5. The van der Waals surface area contributed by atoms with E-state index in [4.69, 9.17) is 4.74 Å². The Morgan fingerprint density at radius 2 is 2.00 bits per heavy atom. The average Bonchev–Trinajstić information content (AvgIpc) is 2.68. The number of aliphatic hydroxyl groups excluding tert-OH is 2. The number of aliphatic hydroxyl groups is 2. The third-order valence-electron chi connectivity index (χ3n) is 8.14. The van der Waals surface area contributed by atoms with Gasteiger partial charge in [0.25, 0.3) is 0 Å². The Bertz CT molecular complexity index is 602. The Morgan fingerprint density at radius 3 is 2.54 bits per heavy atom. The van der Waals surface area contributed by atoms with Gasteiger partial charge < -0.3 is 14.9 Å². The molecule has 2 unspecified atom stereocenters. The summed E-state index contributed by atoms with van der Waals surface area (Å²) in [5.74, 6) is -0.163. The van der Waals surface area contributed by atoms with Crippen LogP contribution < -0.4 is 0 Å². The molecule has 2 saturated carbocycles. The van der Waals surface area contributed by atoms with Crippen molar-refractivity contribution < 1.29 is 24.5 Å². The van der Waals surface area contributed by atoms with Gasteiger partial charge >= 0.3 is 5.97 Å². The summed E-state index contributed by atoms with van der Waals surface area (Å²) in [5, 5.41) is 20.5. The summed E-state index contributed by atoms with van der Waals surface area (Å²) >= 11 is 0. The van der Waals surface area contributed by atoms with Crippen LogP contribution in [0.2, 0.25) is 0 Å². The number of carbonyl (C=O) groups is 2. The fourth-order valence-electron chi connectivity index (χ4n) is 5.52. The van der Waals surface area contributed by atoms with E-state index < -0.39 is 35.6 Å². The topological polar surface area (TPSA) is 83.8 Å². The van der Waals surface area contributed by atoms with Crippen LogP contribution in [0.4, 0.5) is 0 Å². The van der Waals surface area contributed by atoms with Gasteiger partial charge in [-0.2, -0.15) is 0 Å². The fourth-order valence-corrected chi connectivity index (χ4v) is 5.52. The number of fused-ring (bicyclic) bond motifs is 1. The molecule has 160 valence electrons. The van der Waals surface area contributed by atoms with Crippen molar-refractivity contribution in [3.05, 3.63) is 12.7 Å². The zero-order chi connectivity index (χ0) is 21.3. The summed E-state index contributed by atoms with van der Waals surface area (Å²) in [4.78, 5) is 25.1. The van der Waals surface area contributed by atoms with Crippen molar-refractivity contribution in [2.75, 3.05) is 6.61 Å². The smallest absolute Gasteiger partial charge is 0.332 e. The van der Waals surface area contributed by atoms with Gasteiger partial charge in [-0.1, -0.05) is 47.1 Å². The number of esters is 1. The van der Waals surface area contributed by atoms with Gasteiger partial charge in [-0.05, 0) is 37.0 Å². The van der Waals surface area contributed by atoms with E-state index >= 15 is 0 Å². The SMILES string of the molecule is C=C[C@]1(C)C[C@@H](OC(=O)CO)C2(C)C(CC)C[C@@H]2C(=O)CC[C@@H](C)[C@@H](C)[C@@H]1O. The van der Waals surface area contributed by atoms with Crippen molar-refractivity contribution in [2.24, 2.45) is 34.5 Å². The van der Waals surface area contributed by atoms with Crippen molar-refractivity contribution in [3.63, 3.8) is 0 Å². The normalized spacial score (nSPS) is 44.6. The molecule has 2 rings (SSSR count). The number of rotatable bonds is 4. The molecule has 0 spiro atoms. The van der Waals surface area contributed by atoms with Crippen LogP contribution in [-0.4, -0.2) is 40.8 Å². The van der Waals surface area contributed by atoms with Crippen molar-refractivity contribution in [1.29, 1.82) is 0 Å². The maximum absolute atomic E-state index is 13.1. The summed E-state index contributed by atoms with van der Waals surface area (Å²) in [6.07, 6.45) is 3.87.